The first kappa shape index (κ1) is 17.1. The molecule has 3 aromatic rings. The van der Waals surface area contributed by atoms with Gasteiger partial charge < -0.3 is 4.57 Å². The summed E-state index contributed by atoms with van der Waals surface area (Å²) in [4.78, 5) is 9.11. The fourth-order valence-electron chi connectivity index (χ4n) is 3.49. The molecule has 0 N–H and O–H groups in total. The maximum atomic E-state index is 13.5. The minimum absolute atomic E-state index is 0.00511. The predicted octanol–water partition coefficient (Wildman–Crippen LogP) is 2.59. The van der Waals surface area contributed by atoms with Gasteiger partial charge in [-0.2, -0.15) is 4.31 Å². The molecule has 0 saturated carbocycles. The van der Waals surface area contributed by atoms with Gasteiger partial charge in [-0.3, -0.25) is 0 Å². The lowest BCUT2D eigenvalue weighted by Gasteiger charge is -2.17. The van der Waals surface area contributed by atoms with Crippen LogP contribution in [-0.4, -0.2) is 40.3 Å². The van der Waals surface area contributed by atoms with Gasteiger partial charge in [-0.15, -0.1) is 0 Å². The fraction of sp³-hybridized carbons (Fsp3) is 0.333. The van der Waals surface area contributed by atoms with Crippen molar-refractivity contribution < 1.29 is 12.8 Å². The maximum Gasteiger partial charge on any atom is 0.243 e. The zero-order chi connectivity index (χ0) is 18.5. The van der Waals surface area contributed by atoms with Crippen LogP contribution in [0.25, 0.3) is 11.2 Å². The lowest BCUT2D eigenvalue weighted by Crippen LogP contribution is -2.29. The van der Waals surface area contributed by atoms with Crippen LogP contribution >= 0.6 is 0 Å². The van der Waals surface area contributed by atoms with Gasteiger partial charge in [0, 0.05) is 32.3 Å². The maximum absolute atomic E-state index is 13.5. The molecule has 1 aliphatic heterocycles. The van der Waals surface area contributed by atoms with Crippen molar-refractivity contribution in [2.24, 2.45) is 7.05 Å². The van der Waals surface area contributed by atoms with Crippen molar-refractivity contribution in [3.63, 3.8) is 0 Å². The van der Waals surface area contributed by atoms with E-state index in [9.17, 15) is 12.8 Å². The van der Waals surface area contributed by atoms with Crippen LogP contribution in [0.2, 0.25) is 0 Å². The molecule has 1 saturated heterocycles. The minimum Gasteiger partial charge on any atom is -0.316 e. The third kappa shape index (κ3) is 2.69. The average molecular weight is 374 g/mol. The monoisotopic (exact) mass is 374 g/mol. The van der Waals surface area contributed by atoms with Gasteiger partial charge >= 0.3 is 0 Å². The smallest absolute Gasteiger partial charge is 0.243 e. The number of aromatic nitrogens is 3. The van der Waals surface area contributed by atoms with Gasteiger partial charge in [0.1, 0.15) is 17.2 Å². The Morgan fingerprint density at radius 2 is 2.08 bits per heavy atom. The molecule has 1 fully saturated rings. The van der Waals surface area contributed by atoms with Crippen molar-refractivity contribution in [1.82, 2.24) is 18.8 Å². The number of fused-ring (bicyclic) bond motifs is 1. The number of pyridine rings is 1. The van der Waals surface area contributed by atoms with Gasteiger partial charge in [-0.1, -0.05) is 0 Å². The summed E-state index contributed by atoms with van der Waals surface area (Å²) in [5.41, 5.74) is 1.92. The molecule has 6 nitrogen and oxygen atoms in total. The van der Waals surface area contributed by atoms with Crippen molar-refractivity contribution in [3.8, 4) is 0 Å². The van der Waals surface area contributed by atoms with E-state index in [0.29, 0.717) is 25.1 Å². The Morgan fingerprint density at radius 1 is 1.27 bits per heavy atom. The normalized spacial score (nSPS) is 18.7. The number of nitrogens with zero attached hydrogens (tertiary/aromatic N) is 4. The summed E-state index contributed by atoms with van der Waals surface area (Å²) in [5.74, 6) is 0.438. The fourth-order valence-corrected chi connectivity index (χ4v) is 5.08. The minimum atomic E-state index is -3.65. The number of benzene rings is 1. The summed E-state index contributed by atoms with van der Waals surface area (Å²) in [5, 5.41) is 0. The first-order chi connectivity index (χ1) is 12.4. The highest BCUT2D eigenvalue weighted by atomic mass is 32.2. The van der Waals surface area contributed by atoms with Crippen LogP contribution in [0.3, 0.4) is 0 Å². The standard InChI is InChI=1S/C18H19FN4O2S/c1-12-10-14(5-6-15(12)19)26(24,25)23-9-7-13(11-23)17-21-16-4-3-8-20-18(16)22(17)2/h3-6,8,10,13H,7,9,11H2,1-2H3. The van der Waals surface area contributed by atoms with Crippen molar-refractivity contribution in [3.05, 3.63) is 53.7 Å². The predicted molar refractivity (Wildman–Crippen MR) is 95.8 cm³/mol. The molecule has 1 atom stereocenters. The molecule has 1 unspecified atom stereocenters. The van der Waals surface area contributed by atoms with Crippen LogP contribution in [0.4, 0.5) is 4.39 Å². The number of sulfonamides is 1. The zero-order valence-electron chi connectivity index (χ0n) is 14.6. The van der Waals surface area contributed by atoms with E-state index >= 15 is 0 Å². The molecule has 2 aromatic heterocycles. The summed E-state index contributed by atoms with van der Waals surface area (Å²) >= 11 is 0. The van der Waals surface area contributed by atoms with Gasteiger partial charge in [0.15, 0.2) is 5.65 Å². The van der Waals surface area contributed by atoms with E-state index < -0.39 is 15.8 Å². The number of imidazole rings is 1. The average Bonchev–Trinajstić information content (AvgIpc) is 3.23. The summed E-state index contributed by atoms with van der Waals surface area (Å²) in [7, 11) is -1.75. The molecule has 0 bridgehead atoms. The van der Waals surface area contributed by atoms with Crippen molar-refractivity contribution in [2.45, 2.75) is 24.2 Å². The van der Waals surface area contributed by atoms with Crippen molar-refractivity contribution in [1.29, 1.82) is 0 Å². The molecule has 0 amide bonds. The number of rotatable bonds is 3. The van der Waals surface area contributed by atoms with Crippen LogP contribution < -0.4 is 0 Å². The Labute approximate surface area is 151 Å². The molecule has 4 rings (SSSR count). The van der Waals surface area contributed by atoms with Gasteiger partial charge in [0.05, 0.1) is 4.90 Å². The molecular weight excluding hydrogens is 355 g/mol. The molecule has 0 radical (unpaired) electrons. The van der Waals surface area contributed by atoms with E-state index in [-0.39, 0.29) is 10.8 Å². The van der Waals surface area contributed by atoms with E-state index in [1.54, 1.807) is 13.1 Å². The van der Waals surface area contributed by atoms with Crippen LogP contribution in [0.5, 0.6) is 0 Å². The summed E-state index contributed by atoms with van der Waals surface area (Å²) in [6.45, 7) is 2.34. The molecule has 3 heterocycles. The Bertz CT molecular complexity index is 1090. The van der Waals surface area contributed by atoms with E-state index in [1.807, 2.05) is 23.7 Å². The number of hydrogen-bond acceptors (Lipinski definition) is 4. The second-order valence-electron chi connectivity index (χ2n) is 6.63. The Hall–Kier alpha value is -2.32. The first-order valence-electron chi connectivity index (χ1n) is 8.41. The van der Waals surface area contributed by atoms with Crippen LogP contribution in [-0.2, 0) is 17.1 Å². The van der Waals surface area contributed by atoms with Gasteiger partial charge in [-0.25, -0.2) is 22.8 Å². The lowest BCUT2D eigenvalue weighted by atomic mass is 10.1. The van der Waals surface area contributed by atoms with E-state index in [0.717, 1.165) is 17.0 Å². The lowest BCUT2D eigenvalue weighted by molar-refractivity contribution is 0.470. The number of hydrogen-bond donors (Lipinski definition) is 0. The summed E-state index contributed by atoms with van der Waals surface area (Å²) in [6, 6.07) is 7.64. The third-order valence-electron chi connectivity index (χ3n) is 4.95. The third-order valence-corrected chi connectivity index (χ3v) is 6.81. The zero-order valence-corrected chi connectivity index (χ0v) is 15.4. The van der Waals surface area contributed by atoms with Crippen LogP contribution in [0.1, 0.15) is 23.7 Å². The second-order valence-corrected chi connectivity index (χ2v) is 8.57. The van der Waals surface area contributed by atoms with Crippen LogP contribution in [0, 0.1) is 12.7 Å². The van der Waals surface area contributed by atoms with Gasteiger partial charge in [0.2, 0.25) is 10.0 Å². The number of halogens is 1. The molecule has 1 aromatic carbocycles. The van der Waals surface area contributed by atoms with Gasteiger partial charge in [0.25, 0.3) is 0 Å². The summed E-state index contributed by atoms with van der Waals surface area (Å²) < 4.78 is 42.6. The quantitative estimate of drug-likeness (QED) is 0.707. The topological polar surface area (TPSA) is 68.1 Å². The Kier molecular flexibility index (Phi) is 4.04. The van der Waals surface area contributed by atoms with Crippen molar-refractivity contribution >= 4 is 21.2 Å². The highest BCUT2D eigenvalue weighted by Gasteiger charge is 2.35. The molecular formula is C18H19FN4O2S. The first-order valence-corrected chi connectivity index (χ1v) is 9.85. The molecule has 136 valence electrons. The summed E-state index contributed by atoms with van der Waals surface area (Å²) in [6.07, 6.45) is 2.41. The highest BCUT2D eigenvalue weighted by molar-refractivity contribution is 7.89. The Balaban J connectivity index is 1.63. The van der Waals surface area contributed by atoms with Gasteiger partial charge in [-0.05, 0) is 49.2 Å². The van der Waals surface area contributed by atoms with E-state index in [4.69, 9.17) is 0 Å². The molecule has 0 aliphatic carbocycles. The van der Waals surface area contributed by atoms with E-state index in [2.05, 4.69) is 9.97 Å². The Morgan fingerprint density at radius 3 is 2.81 bits per heavy atom. The molecule has 1 aliphatic rings. The molecule has 26 heavy (non-hydrogen) atoms. The molecule has 0 spiro atoms. The second kappa shape index (κ2) is 6.14. The molecule has 8 heteroatoms. The largest absolute Gasteiger partial charge is 0.316 e. The number of aryl methyl sites for hydroxylation is 2. The SMILES string of the molecule is Cc1cc(S(=O)(=O)N2CCC(c3nc4cccnc4n3C)C2)ccc1F. The van der Waals surface area contributed by atoms with Crippen LogP contribution in [0.15, 0.2) is 41.4 Å². The highest BCUT2D eigenvalue weighted by Crippen LogP contribution is 2.32. The van der Waals surface area contributed by atoms with E-state index in [1.165, 1.54) is 22.5 Å². The van der Waals surface area contributed by atoms with Crippen molar-refractivity contribution in [2.75, 3.05) is 13.1 Å².